The summed E-state index contributed by atoms with van der Waals surface area (Å²) in [5.41, 5.74) is 1.99. The third-order valence-corrected chi connectivity index (χ3v) is 3.70. The van der Waals surface area contributed by atoms with Crippen LogP contribution in [0.1, 0.15) is 17.2 Å². The molecule has 0 spiro atoms. The predicted octanol–water partition coefficient (Wildman–Crippen LogP) is 4.30. The molecule has 1 N–H and O–H groups in total. The van der Waals surface area contributed by atoms with Crippen LogP contribution in [0.5, 0.6) is 0 Å². The number of halogens is 2. The quantitative estimate of drug-likeness (QED) is 0.782. The Balaban J connectivity index is 1.95. The van der Waals surface area contributed by atoms with Crippen molar-refractivity contribution in [2.45, 2.75) is 12.5 Å². The van der Waals surface area contributed by atoms with E-state index in [2.05, 4.69) is 4.98 Å². The Morgan fingerprint density at radius 2 is 2.00 bits per heavy atom. The summed E-state index contributed by atoms with van der Waals surface area (Å²) >= 11 is 5.74. The van der Waals surface area contributed by atoms with Gasteiger partial charge >= 0.3 is 0 Å². The van der Waals surface area contributed by atoms with Gasteiger partial charge in [-0.2, -0.15) is 0 Å². The topological polar surface area (TPSA) is 33.1 Å². The van der Waals surface area contributed by atoms with Crippen molar-refractivity contribution in [3.63, 3.8) is 0 Å². The van der Waals surface area contributed by atoms with Crippen LogP contribution in [0.4, 0.5) is 4.39 Å². The maximum absolute atomic E-state index is 13.8. The van der Waals surface area contributed by atoms with Crippen molar-refractivity contribution >= 4 is 22.5 Å². The van der Waals surface area contributed by atoms with Crippen molar-refractivity contribution in [3.05, 3.63) is 76.7 Å². The fourth-order valence-electron chi connectivity index (χ4n) is 2.42. The van der Waals surface area contributed by atoms with Crippen molar-refractivity contribution in [1.29, 1.82) is 0 Å². The molecule has 2 aromatic carbocycles. The van der Waals surface area contributed by atoms with Crippen LogP contribution in [0.3, 0.4) is 0 Å². The molecule has 0 amide bonds. The van der Waals surface area contributed by atoms with Gasteiger partial charge in [0.05, 0.1) is 11.6 Å². The molecule has 3 rings (SSSR count). The largest absolute Gasteiger partial charge is 0.388 e. The molecule has 21 heavy (non-hydrogen) atoms. The van der Waals surface area contributed by atoms with Crippen LogP contribution in [-0.2, 0) is 6.42 Å². The summed E-state index contributed by atoms with van der Waals surface area (Å²) in [5, 5.41) is 11.7. The summed E-state index contributed by atoms with van der Waals surface area (Å²) in [4.78, 5) is 4.26. The van der Waals surface area contributed by atoms with Gasteiger partial charge in [-0.1, -0.05) is 35.9 Å². The molecule has 0 aliphatic carbocycles. The number of hydrogen-bond acceptors (Lipinski definition) is 2. The van der Waals surface area contributed by atoms with Crippen LogP contribution in [0, 0.1) is 5.82 Å². The average Bonchev–Trinajstić information content (AvgIpc) is 2.49. The zero-order valence-corrected chi connectivity index (χ0v) is 11.9. The predicted molar refractivity (Wildman–Crippen MR) is 81.8 cm³/mol. The molecule has 0 saturated heterocycles. The molecule has 1 aromatic heterocycles. The number of aliphatic hydroxyl groups is 1. The highest BCUT2D eigenvalue weighted by molar-refractivity contribution is 6.30. The minimum Gasteiger partial charge on any atom is -0.388 e. The zero-order chi connectivity index (χ0) is 14.8. The van der Waals surface area contributed by atoms with E-state index in [1.807, 2.05) is 30.3 Å². The minimum atomic E-state index is -0.798. The van der Waals surface area contributed by atoms with Crippen molar-refractivity contribution in [2.24, 2.45) is 0 Å². The number of fused-ring (bicyclic) bond motifs is 1. The summed E-state index contributed by atoms with van der Waals surface area (Å²) < 4.78 is 13.8. The summed E-state index contributed by atoms with van der Waals surface area (Å²) in [6, 6.07) is 13.8. The number of benzene rings is 2. The zero-order valence-electron chi connectivity index (χ0n) is 11.1. The first-order chi connectivity index (χ1) is 10.1. The third kappa shape index (κ3) is 2.89. The molecule has 1 unspecified atom stereocenters. The van der Waals surface area contributed by atoms with E-state index in [-0.39, 0.29) is 6.42 Å². The van der Waals surface area contributed by atoms with E-state index in [1.54, 1.807) is 18.3 Å². The lowest BCUT2D eigenvalue weighted by Crippen LogP contribution is -2.04. The number of aliphatic hydroxyl groups excluding tert-OH is 1. The van der Waals surface area contributed by atoms with Gasteiger partial charge in [-0.25, -0.2) is 4.39 Å². The van der Waals surface area contributed by atoms with E-state index >= 15 is 0 Å². The Morgan fingerprint density at radius 1 is 1.14 bits per heavy atom. The summed E-state index contributed by atoms with van der Waals surface area (Å²) in [5.74, 6) is -0.403. The van der Waals surface area contributed by atoms with E-state index in [1.165, 1.54) is 6.07 Å². The number of aromatic nitrogens is 1. The lowest BCUT2D eigenvalue weighted by atomic mass is 9.97. The maximum atomic E-state index is 13.8. The van der Waals surface area contributed by atoms with Crippen LogP contribution in [0.2, 0.25) is 5.02 Å². The van der Waals surface area contributed by atoms with Gasteiger partial charge < -0.3 is 5.11 Å². The second-order valence-corrected chi connectivity index (χ2v) is 5.31. The van der Waals surface area contributed by atoms with Crippen LogP contribution in [-0.4, -0.2) is 10.1 Å². The molecule has 0 aliphatic heterocycles. The molecule has 0 bridgehead atoms. The molecule has 1 heterocycles. The Morgan fingerprint density at radius 3 is 2.81 bits per heavy atom. The van der Waals surface area contributed by atoms with E-state index in [4.69, 9.17) is 11.6 Å². The molecule has 106 valence electrons. The van der Waals surface area contributed by atoms with Gasteiger partial charge in [-0.05, 0) is 35.4 Å². The molecule has 3 aromatic rings. The van der Waals surface area contributed by atoms with Gasteiger partial charge in [0, 0.05) is 23.0 Å². The molecule has 1 atom stereocenters. The normalized spacial score (nSPS) is 12.5. The molecule has 4 heteroatoms. The van der Waals surface area contributed by atoms with E-state index in [9.17, 15) is 9.50 Å². The van der Waals surface area contributed by atoms with Gasteiger partial charge in [-0.15, -0.1) is 0 Å². The fourth-order valence-corrected chi connectivity index (χ4v) is 2.58. The lowest BCUT2D eigenvalue weighted by Gasteiger charge is -2.14. The van der Waals surface area contributed by atoms with Gasteiger partial charge in [0.1, 0.15) is 5.82 Å². The van der Waals surface area contributed by atoms with Crippen molar-refractivity contribution in [1.82, 2.24) is 4.98 Å². The Labute approximate surface area is 126 Å². The number of pyridine rings is 1. The Kier molecular flexibility index (Phi) is 3.86. The minimum absolute atomic E-state index is 0.191. The van der Waals surface area contributed by atoms with Gasteiger partial charge in [0.15, 0.2) is 0 Å². The monoisotopic (exact) mass is 301 g/mol. The second-order valence-electron chi connectivity index (χ2n) is 4.87. The van der Waals surface area contributed by atoms with Crippen LogP contribution in [0.25, 0.3) is 10.9 Å². The third-order valence-electron chi connectivity index (χ3n) is 3.47. The summed E-state index contributed by atoms with van der Waals surface area (Å²) in [7, 11) is 0. The number of nitrogens with zero attached hydrogens (tertiary/aromatic N) is 1. The van der Waals surface area contributed by atoms with Gasteiger partial charge in [-0.3, -0.25) is 4.98 Å². The highest BCUT2D eigenvalue weighted by atomic mass is 35.5. The SMILES string of the molecule is OC(Cc1ccc(Cl)cc1F)c1cccc2ncccc12. The van der Waals surface area contributed by atoms with Crippen LogP contribution >= 0.6 is 11.6 Å². The molecule has 0 radical (unpaired) electrons. The summed E-state index contributed by atoms with van der Waals surface area (Å²) in [6.45, 7) is 0. The number of rotatable bonds is 3. The van der Waals surface area contributed by atoms with Gasteiger partial charge in [0.25, 0.3) is 0 Å². The first-order valence-corrected chi connectivity index (χ1v) is 6.98. The standard InChI is InChI=1S/C17H13ClFNO/c18-12-7-6-11(15(19)10-12)9-17(21)14-3-1-5-16-13(14)4-2-8-20-16/h1-8,10,17,21H,9H2. The fraction of sp³-hybridized carbons (Fsp3) is 0.118. The molecule has 0 saturated carbocycles. The highest BCUT2D eigenvalue weighted by Gasteiger charge is 2.14. The van der Waals surface area contributed by atoms with Crippen LogP contribution < -0.4 is 0 Å². The Hall–Kier alpha value is -1.97. The smallest absolute Gasteiger partial charge is 0.127 e. The van der Waals surface area contributed by atoms with E-state index in [0.29, 0.717) is 10.6 Å². The van der Waals surface area contributed by atoms with Crippen LogP contribution in [0.15, 0.2) is 54.7 Å². The molecular weight excluding hydrogens is 289 g/mol. The molecule has 0 fully saturated rings. The van der Waals surface area contributed by atoms with Crippen molar-refractivity contribution in [3.8, 4) is 0 Å². The number of hydrogen-bond donors (Lipinski definition) is 1. The van der Waals surface area contributed by atoms with Crippen molar-refractivity contribution in [2.75, 3.05) is 0 Å². The lowest BCUT2D eigenvalue weighted by molar-refractivity contribution is 0.178. The van der Waals surface area contributed by atoms with Gasteiger partial charge in [0.2, 0.25) is 0 Å². The first kappa shape index (κ1) is 14.0. The Bertz CT molecular complexity index is 785. The summed E-state index contributed by atoms with van der Waals surface area (Å²) in [6.07, 6.45) is 1.10. The maximum Gasteiger partial charge on any atom is 0.127 e. The van der Waals surface area contributed by atoms with Crippen molar-refractivity contribution < 1.29 is 9.50 Å². The molecule has 2 nitrogen and oxygen atoms in total. The highest BCUT2D eigenvalue weighted by Crippen LogP contribution is 2.27. The molecular formula is C17H13ClFNO. The first-order valence-electron chi connectivity index (χ1n) is 6.61. The van der Waals surface area contributed by atoms with E-state index < -0.39 is 11.9 Å². The molecule has 0 aliphatic rings. The van der Waals surface area contributed by atoms with E-state index in [0.717, 1.165) is 16.5 Å². The second kappa shape index (κ2) is 5.80. The average molecular weight is 302 g/mol.